The molecule has 0 amide bonds. The first-order chi connectivity index (χ1) is 9.19. The van der Waals surface area contributed by atoms with Gasteiger partial charge in [-0.15, -0.1) is 0 Å². The number of hydrogen-bond donors (Lipinski definition) is 1. The Bertz CT molecular complexity index is 611. The first kappa shape index (κ1) is 12.2. The van der Waals surface area contributed by atoms with E-state index < -0.39 is 0 Å². The van der Waals surface area contributed by atoms with Gasteiger partial charge in [-0.25, -0.2) is 4.39 Å². The monoisotopic (exact) mass is 257 g/mol. The molecule has 1 unspecified atom stereocenters. The van der Waals surface area contributed by atoms with Gasteiger partial charge < -0.3 is 10.0 Å². The molecule has 98 valence electrons. The highest BCUT2D eigenvalue weighted by Crippen LogP contribution is 2.38. The van der Waals surface area contributed by atoms with Crippen LogP contribution in [0.4, 0.5) is 15.8 Å². The predicted molar refractivity (Wildman–Crippen MR) is 74.1 cm³/mol. The second-order valence-electron chi connectivity index (χ2n) is 5.03. The number of rotatable bonds is 2. The van der Waals surface area contributed by atoms with Gasteiger partial charge in [0.2, 0.25) is 0 Å². The van der Waals surface area contributed by atoms with E-state index in [9.17, 15) is 9.50 Å². The number of nitrogens with zero attached hydrogens (tertiary/aromatic N) is 1. The summed E-state index contributed by atoms with van der Waals surface area (Å²) in [6, 6.07) is 13.2. The SMILES string of the molecule is CC1Cc2ccccc2N1c1cc(F)cc(CO)c1. The van der Waals surface area contributed by atoms with Crippen LogP contribution in [0.25, 0.3) is 0 Å². The van der Waals surface area contributed by atoms with Gasteiger partial charge in [0.1, 0.15) is 5.82 Å². The zero-order chi connectivity index (χ0) is 13.4. The van der Waals surface area contributed by atoms with E-state index in [4.69, 9.17) is 0 Å². The average Bonchev–Trinajstić information content (AvgIpc) is 2.73. The third kappa shape index (κ3) is 2.10. The van der Waals surface area contributed by atoms with Crippen LogP contribution in [-0.2, 0) is 13.0 Å². The molecule has 1 atom stereocenters. The largest absolute Gasteiger partial charge is 0.392 e. The van der Waals surface area contributed by atoms with Crippen molar-refractivity contribution in [2.45, 2.75) is 26.0 Å². The fourth-order valence-electron chi connectivity index (χ4n) is 2.82. The maximum atomic E-state index is 13.6. The lowest BCUT2D eigenvalue weighted by molar-refractivity contribution is 0.281. The predicted octanol–water partition coefficient (Wildman–Crippen LogP) is 3.40. The summed E-state index contributed by atoms with van der Waals surface area (Å²) in [6.45, 7) is 1.98. The molecule has 0 radical (unpaired) electrons. The maximum Gasteiger partial charge on any atom is 0.125 e. The standard InChI is InChI=1S/C16H16FNO/c1-11-6-13-4-2-3-5-16(13)18(11)15-8-12(10-19)7-14(17)9-15/h2-5,7-9,11,19H,6,10H2,1H3. The molecule has 2 aromatic rings. The van der Waals surface area contributed by atoms with Gasteiger partial charge in [-0.2, -0.15) is 0 Å². The third-order valence-electron chi connectivity index (χ3n) is 3.61. The highest BCUT2D eigenvalue weighted by Gasteiger charge is 2.27. The van der Waals surface area contributed by atoms with E-state index in [-0.39, 0.29) is 12.4 Å². The fourth-order valence-corrected chi connectivity index (χ4v) is 2.82. The summed E-state index contributed by atoms with van der Waals surface area (Å²) in [5.41, 5.74) is 3.82. The van der Waals surface area contributed by atoms with Crippen molar-refractivity contribution in [1.82, 2.24) is 0 Å². The molecule has 19 heavy (non-hydrogen) atoms. The van der Waals surface area contributed by atoms with Crippen molar-refractivity contribution in [2.75, 3.05) is 4.90 Å². The zero-order valence-corrected chi connectivity index (χ0v) is 10.8. The van der Waals surface area contributed by atoms with E-state index in [1.807, 2.05) is 18.2 Å². The molecule has 0 spiro atoms. The Hall–Kier alpha value is -1.87. The smallest absolute Gasteiger partial charge is 0.125 e. The molecule has 0 bridgehead atoms. The molecule has 0 aromatic heterocycles. The van der Waals surface area contributed by atoms with Crippen LogP contribution >= 0.6 is 0 Å². The number of anilines is 2. The average molecular weight is 257 g/mol. The molecule has 3 heteroatoms. The normalized spacial score (nSPS) is 17.6. The number of fused-ring (bicyclic) bond motifs is 1. The minimum atomic E-state index is -0.307. The molecule has 2 aromatic carbocycles. The van der Waals surface area contributed by atoms with Crippen molar-refractivity contribution in [3.8, 4) is 0 Å². The topological polar surface area (TPSA) is 23.5 Å². The van der Waals surface area contributed by atoms with Crippen molar-refractivity contribution < 1.29 is 9.50 Å². The van der Waals surface area contributed by atoms with Crippen molar-refractivity contribution in [3.63, 3.8) is 0 Å². The lowest BCUT2D eigenvalue weighted by Gasteiger charge is -2.25. The van der Waals surface area contributed by atoms with E-state index in [2.05, 4.69) is 24.0 Å². The first-order valence-electron chi connectivity index (χ1n) is 6.46. The lowest BCUT2D eigenvalue weighted by Crippen LogP contribution is -2.24. The number of benzene rings is 2. The Balaban J connectivity index is 2.09. The van der Waals surface area contributed by atoms with Crippen molar-refractivity contribution in [3.05, 3.63) is 59.4 Å². The van der Waals surface area contributed by atoms with Crippen LogP contribution in [0.3, 0.4) is 0 Å². The molecule has 0 fully saturated rings. The molecule has 2 nitrogen and oxygen atoms in total. The fraction of sp³-hybridized carbons (Fsp3) is 0.250. The first-order valence-corrected chi connectivity index (χ1v) is 6.46. The van der Waals surface area contributed by atoms with E-state index in [0.717, 1.165) is 17.8 Å². The van der Waals surface area contributed by atoms with Gasteiger partial charge in [-0.1, -0.05) is 18.2 Å². The summed E-state index contributed by atoms with van der Waals surface area (Å²) in [7, 11) is 0. The number of halogens is 1. The van der Waals surface area contributed by atoms with Crippen LogP contribution in [0.2, 0.25) is 0 Å². The number of aliphatic hydroxyl groups is 1. The second-order valence-corrected chi connectivity index (χ2v) is 5.03. The summed E-state index contributed by atoms with van der Waals surface area (Å²) >= 11 is 0. The number of para-hydroxylation sites is 1. The third-order valence-corrected chi connectivity index (χ3v) is 3.61. The Labute approximate surface area is 112 Å². The summed E-state index contributed by atoms with van der Waals surface area (Å²) < 4.78 is 13.6. The van der Waals surface area contributed by atoms with Crippen LogP contribution in [0.1, 0.15) is 18.1 Å². The molecule has 3 rings (SSSR count). The van der Waals surface area contributed by atoms with E-state index in [1.54, 1.807) is 0 Å². The summed E-state index contributed by atoms with van der Waals surface area (Å²) in [4.78, 5) is 2.14. The van der Waals surface area contributed by atoms with E-state index in [1.165, 1.54) is 17.7 Å². The van der Waals surface area contributed by atoms with Crippen LogP contribution in [0.15, 0.2) is 42.5 Å². The van der Waals surface area contributed by atoms with Gasteiger partial charge in [-0.05, 0) is 48.7 Å². The van der Waals surface area contributed by atoms with Crippen LogP contribution in [-0.4, -0.2) is 11.1 Å². The van der Waals surface area contributed by atoms with E-state index >= 15 is 0 Å². The molecule has 1 aliphatic rings. The minimum absolute atomic E-state index is 0.144. The van der Waals surface area contributed by atoms with Crippen LogP contribution < -0.4 is 4.90 Å². The summed E-state index contributed by atoms with van der Waals surface area (Å²) in [5.74, 6) is -0.307. The quantitative estimate of drug-likeness (QED) is 0.891. The molecule has 1 heterocycles. The van der Waals surface area contributed by atoms with E-state index in [0.29, 0.717) is 11.6 Å². The summed E-state index contributed by atoms with van der Waals surface area (Å²) in [5, 5.41) is 9.21. The van der Waals surface area contributed by atoms with Crippen molar-refractivity contribution >= 4 is 11.4 Å². The van der Waals surface area contributed by atoms with Gasteiger partial charge >= 0.3 is 0 Å². The van der Waals surface area contributed by atoms with Gasteiger partial charge in [-0.3, -0.25) is 0 Å². The Morgan fingerprint density at radius 2 is 2.05 bits per heavy atom. The minimum Gasteiger partial charge on any atom is -0.392 e. The summed E-state index contributed by atoms with van der Waals surface area (Å²) in [6.07, 6.45) is 0.959. The molecular weight excluding hydrogens is 241 g/mol. The zero-order valence-electron chi connectivity index (χ0n) is 10.8. The van der Waals surface area contributed by atoms with Gasteiger partial charge in [0, 0.05) is 17.4 Å². The van der Waals surface area contributed by atoms with Crippen molar-refractivity contribution in [2.24, 2.45) is 0 Å². The second kappa shape index (κ2) is 4.67. The van der Waals surface area contributed by atoms with Gasteiger partial charge in [0.25, 0.3) is 0 Å². The molecule has 1 N–H and O–H groups in total. The van der Waals surface area contributed by atoms with Crippen LogP contribution in [0.5, 0.6) is 0 Å². The molecule has 0 saturated heterocycles. The lowest BCUT2D eigenvalue weighted by atomic mass is 10.1. The van der Waals surface area contributed by atoms with Gasteiger partial charge in [0.15, 0.2) is 0 Å². The molecule has 0 aliphatic carbocycles. The Kier molecular flexibility index (Phi) is 2.99. The van der Waals surface area contributed by atoms with Crippen LogP contribution in [0, 0.1) is 5.82 Å². The molecule has 0 saturated carbocycles. The maximum absolute atomic E-state index is 13.6. The Morgan fingerprint density at radius 3 is 2.84 bits per heavy atom. The highest BCUT2D eigenvalue weighted by molar-refractivity contribution is 5.71. The number of aliphatic hydroxyl groups excluding tert-OH is 1. The number of hydrogen-bond acceptors (Lipinski definition) is 2. The van der Waals surface area contributed by atoms with Crippen molar-refractivity contribution in [1.29, 1.82) is 0 Å². The molecule has 1 aliphatic heterocycles. The Morgan fingerprint density at radius 1 is 1.26 bits per heavy atom. The highest BCUT2D eigenvalue weighted by atomic mass is 19.1. The van der Waals surface area contributed by atoms with Gasteiger partial charge in [0.05, 0.1) is 6.61 Å². The molecular formula is C16H16FNO.